The summed E-state index contributed by atoms with van der Waals surface area (Å²) >= 11 is 0. The lowest BCUT2D eigenvalue weighted by Gasteiger charge is -2.28. The van der Waals surface area contributed by atoms with Gasteiger partial charge in [-0.2, -0.15) is 5.26 Å². The van der Waals surface area contributed by atoms with Crippen LogP contribution in [0, 0.1) is 18.3 Å². The van der Waals surface area contributed by atoms with E-state index in [0.717, 1.165) is 51.5 Å². The minimum absolute atomic E-state index is 0.0811. The Bertz CT molecular complexity index is 1040. The molecule has 2 N–H and O–H groups in total. The summed E-state index contributed by atoms with van der Waals surface area (Å²) < 4.78 is 6.14. The second kappa shape index (κ2) is 9.50. The highest BCUT2D eigenvalue weighted by atomic mass is 28.3. The van der Waals surface area contributed by atoms with Crippen molar-refractivity contribution < 1.29 is 9.84 Å². The highest BCUT2D eigenvalue weighted by molar-refractivity contribution is 6.91. The van der Waals surface area contributed by atoms with E-state index in [2.05, 4.69) is 38.7 Å². The van der Waals surface area contributed by atoms with Crippen LogP contribution in [-0.4, -0.2) is 24.8 Å². The lowest BCUT2D eigenvalue weighted by molar-refractivity contribution is 0.300. The number of hydrogen-bond acceptors (Lipinski definition) is 3. The quantitative estimate of drug-likeness (QED) is 0.469. The molecule has 0 aliphatic heterocycles. The molecule has 1 aromatic heterocycles. The summed E-state index contributed by atoms with van der Waals surface area (Å²) in [7, 11) is -1.72. The van der Waals surface area contributed by atoms with Crippen LogP contribution in [0.4, 0.5) is 0 Å². The highest BCUT2D eigenvalue weighted by Crippen LogP contribution is 2.34. The number of fused-ring (bicyclic) bond motifs is 1. The number of aromatic nitrogens is 1. The Hall–Kier alpha value is -2.55. The lowest BCUT2D eigenvalue weighted by Crippen LogP contribution is -2.48. The van der Waals surface area contributed by atoms with Gasteiger partial charge in [0.05, 0.1) is 17.1 Å². The molecule has 0 aliphatic rings. The normalized spacial score (nSPS) is 11.6. The van der Waals surface area contributed by atoms with Gasteiger partial charge in [-0.25, -0.2) is 0 Å². The molecule has 158 valence electrons. The Morgan fingerprint density at radius 2 is 1.77 bits per heavy atom. The second-order valence-corrected chi connectivity index (χ2v) is 13.2. The minimum atomic E-state index is -1.72. The molecule has 0 spiro atoms. The second-order valence-electron chi connectivity index (χ2n) is 7.98. The summed E-state index contributed by atoms with van der Waals surface area (Å²) in [6, 6.07) is 17.7. The molecule has 5 heteroatoms. The van der Waals surface area contributed by atoms with Gasteiger partial charge >= 0.3 is 0 Å². The van der Waals surface area contributed by atoms with Crippen molar-refractivity contribution >= 4 is 24.3 Å². The smallest absolute Gasteiger partial charge is 0.126 e. The summed E-state index contributed by atoms with van der Waals surface area (Å²) in [6.45, 7) is 9.43. The zero-order valence-electron chi connectivity index (χ0n) is 18.5. The third kappa shape index (κ3) is 3.90. The Balaban J connectivity index is 2.18. The number of benzene rings is 2. The van der Waals surface area contributed by atoms with Crippen LogP contribution >= 0.6 is 0 Å². The maximum Gasteiger partial charge on any atom is 0.126 e. The molecule has 0 unspecified atom stereocenters. The van der Waals surface area contributed by atoms with Gasteiger partial charge in [0.15, 0.2) is 0 Å². The standard InChI is InChI=1S/C25H32N2O2Si/c1-5-30(6-2,7-3)25-21(13-14-28)23-20(16-26)15-22(18(4)24(23)27-25)29-17-19-11-9-8-10-12-19/h8-12,15,27-28H,5-7,13-14,17H2,1-4H3. The van der Waals surface area contributed by atoms with Gasteiger partial charge in [-0.05, 0) is 30.5 Å². The number of ether oxygens (including phenoxy) is 1. The number of nitrogens with one attached hydrogen (secondary N) is 1. The fourth-order valence-electron chi connectivity index (χ4n) is 4.62. The molecular formula is C25H32N2O2Si. The number of aliphatic hydroxyl groups excluding tert-OH is 1. The third-order valence-corrected chi connectivity index (χ3v) is 12.2. The van der Waals surface area contributed by atoms with Crippen LogP contribution in [0.25, 0.3) is 10.9 Å². The molecular weight excluding hydrogens is 388 g/mol. The summed E-state index contributed by atoms with van der Waals surface area (Å²) in [6.07, 6.45) is 0.572. The molecule has 1 heterocycles. The number of aliphatic hydroxyl groups is 1. The monoisotopic (exact) mass is 420 g/mol. The zero-order chi connectivity index (χ0) is 21.7. The third-order valence-electron chi connectivity index (χ3n) is 6.67. The molecule has 0 aliphatic carbocycles. The van der Waals surface area contributed by atoms with E-state index in [1.807, 2.05) is 36.4 Å². The predicted molar refractivity (Wildman–Crippen MR) is 126 cm³/mol. The van der Waals surface area contributed by atoms with Gasteiger partial charge in [-0.1, -0.05) is 69.2 Å². The summed E-state index contributed by atoms with van der Waals surface area (Å²) in [5.74, 6) is 0.739. The molecule has 3 aromatic rings. The first-order valence-corrected chi connectivity index (χ1v) is 13.5. The molecule has 0 saturated heterocycles. The van der Waals surface area contributed by atoms with Crippen LogP contribution in [0.3, 0.4) is 0 Å². The summed E-state index contributed by atoms with van der Waals surface area (Å²) in [4.78, 5) is 3.74. The molecule has 2 aromatic carbocycles. The fourth-order valence-corrected chi connectivity index (χ4v) is 8.46. The number of hydrogen-bond donors (Lipinski definition) is 2. The van der Waals surface area contributed by atoms with Gasteiger partial charge in [-0.15, -0.1) is 0 Å². The Kier molecular flexibility index (Phi) is 7.01. The Morgan fingerprint density at radius 3 is 2.33 bits per heavy atom. The van der Waals surface area contributed by atoms with Crippen LogP contribution in [0.1, 0.15) is 43.0 Å². The Morgan fingerprint density at radius 1 is 1.10 bits per heavy atom. The van der Waals surface area contributed by atoms with Gasteiger partial charge < -0.3 is 14.8 Å². The van der Waals surface area contributed by atoms with Gasteiger partial charge in [0.1, 0.15) is 20.4 Å². The van der Waals surface area contributed by atoms with E-state index in [9.17, 15) is 10.4 Å². The Labute approximate surface area is 180 Å². The number of rotatable bonds is 9. The average Bonchev–Trinajstić information content (AvgIpc) is 3.16. The number of aryl methyl sites for hydroxylation is 1. The first kappa shape index (κ1) is 22.1. The van der Waals surface area contributed by atoms with Crippen LogP contribution in [0.5, 0.6) is 5.75 Å². The van der Waals surface area contributed by atoms with Crippen LogP contribution in [-0.2, 0) is 13.0 Å². The minimum Gasteiger partial charge on any atom is -0.489 e. The van der Waals surface area contributed by atoms with Crippen molar-refractivity contribution in [1.29, 1.82) is 5.26 Å². The molecule has 0 radical (unpaired) electrons. The molecule has 0 fully saturated rings. The molecule has 0 amide bonds. The average molecular weight is 421 g/mol. The number of aromatic amines is 1. The largest absolute Gasteiger partial charge is 0.489 e. The van der Waals surface area contributed by atoms with Crippen molar-refractivity contribution in [2.24, 2.45) is 0 Å². The fraction of sp³-hybridized carbons (Fsp3) is 0.400. The summed E-state index contributed by atoms with van der Waals surface area (Å²) in [5, 5.41) is 22.0. The van der Waals surface area contributed by atoms with E-state index in [4.69, 9.17) is 4.74 Å². The maximum atomic E-state index is 9.94. The van der Waals surface area contributed by atoms with Crippen molar-refractivity contribution in [3.05, 3.63) is 58.7 Å². The highest BCUT2D eigenvalue weighted by Gasteiger charge is 2.35. The van der Waals surface area contributed by atoms with Gasteiger partial charge in [0, 0.05) is 22.9 Å². The van der Waals surface area contributed by atoms with Crippen molar-refractivity contribution in [1.82, 2.24) is 4.98 Å². The van der Waals surface area contributed by atoms with Crippen molar-refractivity contribution in [3.63, 3.8) is 0 Å². The SMILES string of the molecule is CC[Si](CC)(CC)c1[nH]c2c(C)c(OCc3ccccc3)cc(C#N)c2c1CCO. The van der Waals surface area contributed by atoms with E-state index in [0.29, 0.717) is 18.6 Å². The molecule has 4 nitrogen and oxygen atoms in total. The van der Waals surface area contributed by atoms with Crippen LogP contribution in [0.15, 0.2) is 36.4 Å². The topological polar surface area (TPSA) is 69.0 Å². The number of nitrogens with zero attached hydrogens (tertiary/aromatic N) is 1. The first-order valence-electron chi connectivity index (χ1n) is 10.9. The summed E-state index contributed by atoms with van der Waals surface area (Å²) in [5.41, 5.74) is 4.87. The van der Waals surface area contributed by atoms with Crippen molar-refractivity contribution in [3.8, 4) is 11.8 Å². The molecule has 30 heavy (non-hydrogen) atoms. The zero-order valence-corrected chi connectivity index (χ0v) is 19.5. The van der Waals surface area contributed by atoms with E-state index in [-0.39, 0.29) is 6.61 Å². The van der Waals surface area contributed by atoms with E-state index >= 15 is 0 Å². The van der Waals surface area contributed by atoms with Crippen molar-refractivity contribution in [2.75, 3.05) is 6.61 Å². The molecule has 0 atom stereocenters. The van der Waals surface area contributed by atoms with Crippen LogP contribution in [0.2, 0.25) is 18.1 Å². The predicted octanol–water partition coefficient (Wildman–Crippen LogP) is 5.18. The van der Waals surface area contributed by atoms with Gasteiger partial charge in [0.25, 0.3) is 0 Å². The molecule has 0 saturated carbocycles. The van der Waals surface area contributed by atoms with Crippen LogP contribution < -0.4 is 10.1 Å². The molecule has 3 rings (SSSR count). The van der Waals surface area contributed by atoms with E-state index < -0.39 is 8.07 Å². The maximum absolute atomic E-state index is 9.94. The van der Waals surface area contributed by atoms with Crippen molar-refractivity contribution in [2.45, 2.75) is 58.9 Å². The lowest BCUT2D eigenvalue weighted by atomic mass is 10.0. The van der Waals surface area contributed by atoms with Gasteiger partial charge in [-0.3, -0.25) is 0 Å². The van der Waals surface area contributed by atoms with E-state index in [1.54, 1.807) is 0 Å². The molecule has 0 bridgehead atoms. The number of H-pyrrole nitrogens is 1. The first-order chi connectivity index (χ1) is 14.5. The van der Waals surface area contributed by atoms with E-state index in [1.165, 1.54) is 5.32 Å². The van der Waals surface area contributed by atoms with Gasteiger partial charge in [0.2, 0.25) is 0 Å². The number of nitriles is 1.